The van der Waals surface area contributed by atoms with Crippen molar-refractivity contribution in [3.8, 4) is 0 Å². The summed E-state index contributed by atoms with van der Waals surface area (Å²) in [5.41, 5.74) is 1.22. The Kier molecular flexibility index (Phi) is 5.05. The Hall–Kier alpha value is -1.07. The highest BCUT2D eigenvalue weighted by molar-refractivity contribution is 5.14. The second-order valence-corrected chi connectivity index (χ2v) is 5.50. The number of hydrogen-bond acceptors (Lipinski definition) is 2. The van der Waals surface area contributed by atoms with Gasteiger partial charge >= 0.3 is 6.18 Å². The summed E-state index contributed by atoms with van der Waals surface area (Å²) in [4.78, 5) is 2.26. The van der Waals surface area contributed by atoms with Crippen molar-refractivity contribution in [2.45, 2.75) is 38.1 Å². The lowest BCUT2D eigenvalue weighted by molar-refractivity contribution is -0.209. The number of rotatable bonds is 4. The van der Waals surface area contributed by atoms with Crippen molar-refractivity contribution in [3.05, 3.63) is 35.9 Å². The fraction of sp³-hybridized carbons (Fsp3) is 0.600. The van der Waals surface area contributed by atoms with Crippen molar-refractivity contribution in [3.63, 3.8) is 0 Å². The van der Waals surface area contributed by atoms with Crippen LogP contribution in [0.5, 0.6) is 0 Å². The maximum absolute atomic E-state index is 12.3. The Bertz CT molecular complexity index is 399. The average Bonchev–Trinajstić information content (AvgIpc) is 2.41. The molecule has 1 aliphatic heterocycles. The van der Waals surface area contributed by atoms with Gasteiger partial charge in [0.1, 0.15) is 6.10 Å². The molecule has 1 N–H and O–H groups in total. The van der Waals surface area contributed by atoms with Crippen LogP contribution < -0.4 is 0 Å². The summed E-state index contributed by atoms with van der Waals surface area (Å²) in [5.74, 6) is -0.0290. The molecule has 1 aliphatic rings. The van der Waals surface area contributed by atoms with Crippen molar-refractivity contribution < 1.29 is 18.3 Å². The summed E-state index contributed by atoms with van der Waals surface area (Å²) in [6.07, 6.45) is -5.38. The van der Waals surface area contributed by atoms with Crippen molar-refractivity contribution in [1.82, 2.24) is 4.90 Å². The van der Waals surface area contributed by atoms with E-state index in [1.54, 1.807) is 0 Å². The van der Waals surface area contributed by atoms with Crippen LogP contribution in [-0.4, -0.2) is 35.4 Å². The molecule has 0 radical (unpaired) electrons. The topological polar surface area (TPSA) is 23.5 Å². The van der Waals surface area contributed by atoms with Crippen molar-refractivity contribution >= 4 is 0 Å². The van der Waals surface area contributed by atoms with Crippen LogP contribution in [-0.2, 0) is 6.54 Å². The summed E-state index contributed by atoms with van der Waals surface area (Å²) in [6.45, 7) is 2.43. The Morgan fingerprint density at radius 2 is 1.75 bits per heavy atom. The molecule has 2 nitrogen and oxygen atoms in total. The van der Waals surface area contributed by atoms with Gasteiger partial charge in [0.2, 0.25) is 0 Å². The van der Waals surface area contributed by atoms with Gasteiger partial charge in [0.15, 0.2) is 0 Å². The SMILES string of the molecule is OC(CC1CCN(Cc2ccccc2)CC1)C(F)(F)F. The van der Waals surface area contributed by atoms with E-state index in [-0.39, 0.29) is 12.3 Å². The first-order chi connectivity index (χ1) is 9.45. The summed E-state index contributed by atoms with van der Waals surface area (Å²) < 4.78 is 36.9. The van der Waals surface area contributed by atoms with Crippen LogP contribution in [0.2, 0.25) is 0 Å². The molecule has 1 heterocycles. The minimum absolute atomic E-state index is 0.0290. The highest BCUT2D eigenvalue weighted by atomic mass is 19.4. The molecule has 0 aromatic heterocycles. The van der Waals surface area contributed by atoms with Gasteiger partial charge in [-0.1, -0.05) is 30.3 Å². The van der Waals surface area contributed by atoms with E-state index >= 15 is 0 Å². The molecule has 5 heteroatoms. The third kappa shape index (κ3) is 4.49. The predicted molar refractivity (Wildman–Crippen MR) is 71.1 cm³/mol. The first-order valence-corrected chi connectivity index (χ1v) is 6.96. The second-order valence-electron chi connectivity index (χ2n) is 5.50. The van der Waals surface area contributed by atoms with E-state index in [2.05, 4.69) is 17.0 Å². The van der Waals surface area contributed by atoms with Gasteiger partial charge in [-0.3, -0.25) is 4.90 Å². The molecule has 1 unspecified atom stereocenters. The molecule has 1 fully saturated rings. The lowest BCUT2D eigenvalue weighted by Gasteiger charge is -2.33. The van der Waals surface area contributed by atoms with Crippen LogP contribution in [0.15, 0.2) is 30.3 Å². The number of nitrogens with zero attached hydrogens (tertiary/aromatic N) is 1. The summed E-state index contributed by atoms with van der Waals surface area (Å²) in [6, 6.07) is 10.1. The zero-order valence-corrected chi connectivity index (χ0v) is 11.3. The minimum Gasteiger partial charge on any atom is -0.384 e. The number of benzene rings is 1. The van der Waals surface area contributed by atoms with Gasteiger partial charge in [0, 0.05) is 6.54 Å². The van der Waals surface area contributed by atoms with Crippen LogP contribution in [0.4, 0.5) is 13.2 Å². The molecule has 112 valence electrons. The fourth-order valence-electron chi connectivity index (χ4n) is 2.67. The number of halogens is 3. The van der Waals surface area contributed by atoms with Crippen LogP contribution in [0.1, 0.15) is 24.8 Å². The zero-order chi connectivity index (χ0) is 14.6. The first-order valence-electron chi connectivity index (χ1n) is 6.96. The minimum atomic E-state index is -4.48. The number of alkyl halides is 3. The number of hydrogen-bond donors (Lipinski definition) is 1. The normalized spacial score (nSPS) is 20.0. The van der Waals surface area contributed by atoms with Gasteiger partial charge in [0.25, 0.3) is 0 Å². The third-order valence-corrected chi connectivity index (χ3v) is 3.89. The highest BCUT2D eigenvalue weighted by Gasteiger charge is 2.39. The van der Waals surface area contributed by atoms with Crippen molar-refractivity contribution in [2.75, 3.05) is 13.1 Å². The lowest BCUT2D eigenvalue weighted by Crippen LogP contribution is -2.37. The molecule has 0 bridgehead atoms. The summed E-state index contributed by atoms with van der Waals surface area (Å²) in [5, 5.41) is 9.10. The van der Waals surface area contributed by atoms with Gasteiger partial charge in [-0.15, -0.1) is 0 Å². The highest BCUT2D eigenvalue weighted by Crippen LogP contribution is 2.29. The van der Waals surface area contributed by atoms with E-state index in [1.165, 1.54) is 5.56 Å². The monoisotopic (exact) mass is 287 g/mol. The molecule has 0 amide bonds. The van der Waals surface area contributed by atoms with E-state index in [0.29, 0.717) is 0 Å². The van der Waals surface area contributed by atoms with Crippen molar-refractivity contribution in [1.29, 1.82) is 0 Å². The number of aliphatic hydroxyl groups excluding tert-OH is 1. The van der Waals surface area contributed by atoms with Gasteiger partial charge in [-0.05, 0) is 43.8 Å². The first kappa shape index (κ1) is 15.3. The molecule has 0 aliphatic carbocycles. The predicted octanol–water partition coefficient (Wildman–Crippen LogP) is 3.21. The number of likely N-dealkylation sites (tertiary alicyclic amines) is 1. The maximum Gasteiger partial charge on any atom is 0.414 e. The molecule has 1 aromatic carbocycles. The van der Waals surface area contributed by atoms with Crippen molar-refractivity contribution in [2.24, 2.45) is 5.92 Å². The second kappa shape index (κ2) is 6.59. The molecule has 0 saturated carbocycles. The quantitative estimate of drug-likeness (QED) is 0.919. The van der Waals surface area contributed by atoms with E-state index in [9.17, 15) is 13.2 Å². The molecule has 1 saturated heterocycles. The fourth-order valence-corrected chi connectivity index (χ4v) is 2.67. The average molecular weight is 287 g/mol. The molecule has 20 heavy (non-hydrogen) atoms. The Balaban J connectivity index is 1.75. The van der Waals surface area contributed by atoms with Gasteiger partial charge < -0.3 is 5.11 Å². The zero-order valence-electron chi connectivity index (χ0n) is 11.3. The van der Waals surface area contributed by atoms with Gasteiger partial charge in [0.05, 0.1) is 0 Å². The third-order valence-electron chi connectivity index (χ3n) is 3.89. The summed E-state index contributed by atoms with van der Waals surface area (Å²) >= 11 is 0. The standard InChI is InChI=1S/C15H20F3NO/c16-15(17,18)14(20)10-12-6-8-19(9-7-12)11-13-4-2-1-3-5-13/h1-5,12,14,20H,6-11H2. The van der Waals surface area contributed by atoms with Gasteiger partial charge in [-0.2, -0.15) is 13.2 Å². The molecule has 0 spiro atoms. The van der Waals surface area contributed by atoms with Gasteiger partial charge in [-0.25, -0.2) is 0 Å². The van der Waals surface area contributed by atoms with E-state index in [4.69, 9.17) is 5.11 Å². The van der Waals surface area contributed by atoms with Crippen LogP contribution in [0.25, 0.3) is 0 Å². The molecular weight excluding hydrogens is 267 g/mol. The van der Waals surface area contributed by atoms with Crippen LogP contribution in [0, 0.1) is 5.92 Å². The molecular formula is C15H20F3NO. The smallest absolute Gasteiger partial charge is 0.384 e. The summed E-state index contributed by atoms with van der Waals surface area (Å²) in [7, 11) is 0. The van der Waals surface area contributed by atoms with E-state index < -0.39 is 12.3 Å². The largest absolute Gasteiger partial charge is 0.414 e. The Morgan fingerprint density at radius 1 is 1.15 bits per heavy atom. The van der Waals surface area contributed by atoms with E-state index in [1.807, 2.05) is 18.2 Å². The molecule has 1 atom stereocenters. The molecule has 2 rings (SSSR count). The number of piperidine rings is 1. The van der Waals surface area contributed by atoms with Crippen LogP contribution >= 0.6 is 0 Å². The maximum atomic E-state index is 12.3. The molecule has 1 aromatic rings. The Morgan fingerprint density at radius 3 is 2.30 bits per heavy atom. The van der Waals surface area contributed by atoms with Crippen LogP contribution in [0.3, 0.4) is 0 Å². The van der Waals surface area contributed by atoms with E-state index in [0.717, 1.165) is 32.5 Å². The number of aliphatic hydroxyl groups is 1. The lowest BCUT2D eigenvalue weighted by atomic mass is 9.91. The Labute approximate surface area is 117 Å².